The molecule has 0 bridgehead atoms. The van der Waals surface area contributed by atoms with Crippen LogP contribution in [0.2, 0.25) is 0 Å². The molecule has 1 fully saturated rings. The molecule has 0 N–H and O–H groups in total. The van der Waals surface area contributed by atoms with Crippen LogP contribution in [0.25, 0.3) is 10.9 Å². The van der Waals surface area contributed by atoms with Gasteiger partial charge in [-0.25, -0.2) is 0 Å². The summed E-state index contributed by atoms with van der Waals surface area (Å²) in [6.07, 6.45) is -5.61. The van der Waals surface area contributed by atoms with Crippen molar-refractivity contribution >= 4 is 40.7 Å². The van der Waals surface area contributed by atoms with Gasteiger partial charge in [0.05, 0.1) is 64.3 Å². The molecule has 5 rings (SSSR count). The molecule has 4 aromatic rings. The molecule has 1 aliphatic rings. The molecular formula is C58H80N2O14. The Balaban J connectivity index is 1.53. The lowest BCUT2D eigenvalue weighted by molar-refractivity contribution is -0.294. The van der Waals surface area contributed by atoms with Crippen LogP contribution >= 0.6 is 0 Å². The van der Waals surface area contributed by atoms with Gasteiger partial charge < -0.3 is 42.6 Å². The minimum Gasteiger partial charge on any atom is -0.494 e. The van der Waals surface area contributed by atoms with E-state index < -0.39 is 88.3 Å². The van der Waals surface area contributed by atoms with Gasteiger partial charge in [0.2, 0.25) is 18.3 Å². The first-order chi connectivity index (χ1) is 34.4. The highest BCUT2D eigenvalue weighted by Gasteiger charge is 2.56. The predicted molar refractivity (Wildman–Crippen MR) is 278 cm³/mol. The van der Waals surface area contributed by atoms with Gasteiger partial charge >= 0.3 is 29.8 Å². The molecule has 0 unspecified atom stereocenters. The monoisotopic (exact) mass is 1030 g/mol. The summed E-state index contributed by atoms with van der Waals surface area (Å²) in [4.78, 5) is 68.0. The summed E-state index contributed by atoms with van der Waals surface area (Å²) in [5.74, 6) is -2.24. The maximum atomic E-state index is 14.0. The van der Waals surface area contributed by atoms with E-state index in [0.29, 0.717) is 43.6 Å². The van der Waals surface area contributed by atoms with Gasteiger partial charge in [-0.2, -0.15) is 0 Å². The Labute approximate surface area is 437 Å². The Morgan fingerprint density at radius 3 is 1.69 bits per heavy atom. The number of aryl methyl sites for hydroxylation is 2. The van der Waals surface area contributed by atoms with E-state index in [1.54, 1.807) is 109 Å². The van der Waals surface area contributed by atoms with Gasteiger partial charge in [0.25, 0.3) is 0 Å². The maximum absolute atomic E-state index is 14.0. The summed E-state index contributed by atoms with van der Waals surface area (Å²) in [6, 6.07) is 23.7. The van der Waals surface area contributed by atoms with E-state index in [2.05, 4.69) is 0 Å². The SMILES string of the molecule is CC(C)(C)C(=O)OCCn1nc(O[C@@H]2O[C@H](COC(=O)C(C)(C)C)[C@@H](OC(=O)C(C)(C)C)[C@H](OC(=O)C(C)(C)C)[C@H]2OC(=O)C(C)(C)C)c2c(CCc3ccc(OCCCOCc4ccccc4)cc3)cccc21. The van der Waals surface area contributed by atoms with E-state index in [0.717, 1.165) is 28.9 Å². The molecule has 0 radical (unpaired) electrons. The quantitative estimate of drug-likeness (QED) is 0.0462. The third kappa shape index (κ3) is 16.8. The number of ether oxygens (including phenoxy) is 9. The van der Waals surface area contributed by atoms with E-state index in [-0.39, 0.29) is 25.0 Å². The molecule has 5 atom stereocenters. The van der Waals surface area contributed by atoms with E-state index in [1.165, 1.54) is 0 Å². The largest absolute Gasteiger partial charge is 0.494 e. The highest BCUT2D eigenvalue weighted by atomic mass is 16.7. The number of fused-ring (bicyclic) bond motifs is 1. The van der Waals surface area contributed by atoms with E-state index in [4.69, 9.17) is 47.7 Å². The van der Waals surface area contributed by atoms with Crippen molar-refractivity contribution in [1.82, 2.24) is 9.78 Å². The zero-order chi connectivity index (χ0) is 54.8. The molecule has 406 valence electrons. The van der Waals surface area contributed by atoms with Crippen LogP contribution in [-0.2, 0) is 83.1 Å². The van der Waals surface area contributed by atoms with Gasteiger partial charge in [0.15, 0.2) is 12.2 Å². The number of esters is 5. The normalized spacial score (nSPS) is 18.6. The van der Waals surface area contributed by atoms with Crippen molar-refractivity contribution in [3.8, 4) is 11.6 Å². The van der Waals surface area contributed by atoms with Crippen LogP contribution < -0.4 is 9.47 Å². The van der Waals surface area contributed by atoms with Crippen LogP contribution in [0.4, 0.5) is 0 Å². The topological polar surface area (TPSA) is 186 Å². The minimum absolute atomic E-state index is 0.00962. The summed E-state index contributed by atoms with van der Waals surface area (Å²) >= 11 is 0. The summed E-state index contributed by atoms with van der Waals surface area (Å²) < 4.78 is 57.2. The fourth-order valence-electron chi connectivity index (χ4n) is 7.21. The summed E-state index contributed by atoms with van der Waals surface area (Å²) in [7, 11) is 0. The van der Waals surface area contributed by atoms with Crippen LogP contribution in [0.15, 0.2) is 72.8 Å². The van der Waals surface area contributed by atoms with Crippen molar-refractivity contribution in [2.45, 2.75) is 167 Å². The number of hydrogen-bond donors (Lipinski definition) is 0. The van der Waals surface area contributed by atoms with Gasteiger partial charge in [0.1, 0.15) is 25.1 Å². The fourth-order valence-corrected chi connectivity index (χ4v) is 7.21. The third-order valence-electron chi connectivity index (χ3n) is 11.8. The van der Waals surface area contributed by atoms with E-state index in [1.807, 2.05) is 72.8 Å². The second-order valence-electron chi connectivity index (χ2n) is 24.0. The average molecular weight is 1030 g/mol. The number of rotatable bonds is 20. The molecule has 74 heavy (non-hydrogen) atoms. The lowest BCUT2D eigenvalue weighted by Crippen LogP contribution is -2.65. The lowest BCUT2D eigenvalue weighted by atomic mass is 9.93. The van der Waals surface area contributed by atoms with Gasteiger partial charge in [-0.1, -0.05) is 54.6 Å². The van der Waals surface area contributed by atoms with Crippen molar-refractivity contribution < 1.29 is 66.6 Å². The van der Waals surface area contributed by atoms with Crippen LogP contribution in [0.1, 0.15) is 127 Å². The standard InChI is InChI=1S/C58H80N2O14/c1-54(2,3)49(61)68-34-31-60-41-24-19-23-39(28-25-37-26-29-40(30-27-37)67-33-20-32-66-35-38-21-17-16-18-22-38)43(41)47(59-60)74-48-46(73-53(65)58(13,14)15)45(72-52(64)57(10,11)12)44(71-51(63)56(7,8)9)42(70-48)36-69-50(62)55(4,5)6/h16-19,21-24,26-27,29-30,42,44-46,48H,20,25,28,31-36H2,1-15H3/t42-,44-,45+,46-,48+/m1/s1. The minimum atomic E-state index is -1.59. The van der Waals surface area contributed by atoms with Crippen LogP contribution in [0.5, 0.6) is 11.6 Å². The number of carbonyl (C=O) groups is 5. The molecule has 2 heterocycles. The lowest BCUT2D eigenvalue weighted by Gasteiger charge is -2.45. The highest BCUT2D eigenvalue weighted by molar-refractivity contribution is 5.88. The second-order valence-corrected chi connectivity index (χ2v) is 24.0. The highest BCUT2D eigenvalue weighted by Crippen LogP contribution is 2.38. The number of carbonyl (C=O) groups excluding carboxylic acids is 5. The first kappa shape index (κ1) is 58.9. The van der Waals surface area contributed by atoms with Crippen LogP contribution in [0, 0.1) is 27.1 Å². The summed E-state index contributed by atoms with van der Waals surface area (Å²) in [5.41, 5.74) is -1.22. The van der Waals surface area contributed by atoms with Crippen molar-refractivity contribution in [2.24, 2.45) is 27.1 Å². The molecule has 1 aliphatic heterocycles. The Morgan fingerprint density at radius 1 is 0.554 bits per heavy atom. The predicted octanol–water partition coefficient (Wildman–Crippen LogP) is 9.96. The van der Waals surface area contributed by atoms with Gasteiger partial charge in [-0.3, -0.25) is 28.7 Å². The van der Waals surface area contributed by atoms with Crippen molar-refractivity contribution in [3.63, 3.8) is 0 Å². The Hall–Kier alpha value is -6.00. The van der Waals surface area contributed by atoms with Gasteiger partial charge in [0, 0.05) is 6.42 Å². The Bertz CT molecular complexity index is 2520. The zero-order valence-electron chi connectivity index (χ0n) is 46.3. The molecule has 16 heteroatoms. The number of aromatic nitrogens is 2. The van der Waals surface area contributed by atoms with Gasteiger partial charge in [-0.15, -0.1) is 5.10 Å². The van der Waals surface area contributed by atoms with Crippen molar-refractivity contribution in [2.75, 3.05) is 26.4 Å². The molecule has 0 aliphatic carbocycles. The molecule has 0 spiro atoms. The summed E-state index contributed by atoms with van der Waals surface area (Å²) in [5, 5.41) is 5.52. The Kier molecular flexibility index (Phi) is 19.5. The molecule has 0 amide bonds. The number of benzene rings is 3. The van der Waals surface area contributed by atoms with Gasteiger partial charge in [-0.05, 0) is 152 Å². The van der Waals surface area contributed by atoms with Crippen LogP contribution in [0.3, 0.4) is 0 Å². The Morgan fingerprint density at radius 2 is 1.11 bits per heavy atom. The first-order valence-corrected chi connectivity index (χ1v) is 25.5. The number of nitrogens with zero attached hydrogens (tertiary/aromatic N) is 2. The van der Waals surface area contributed by atoms with E-state index in [9.17, 15) is 24.0 Å². The fraction of sp³-hybridized carbons (Fsp3) is 0.586. The second kappa shape index (κ2) is 24.6. The molecular weight excluding hydrogens is 949 g/mol. The molecule has 3 aromatic carbocycles. The molecule has 0 saturated carbocycles. The maximum Gasteiger partial charge on any atom is 0.311 e. The average Bonchev–Trinajstić information content (AvgIpc) is 3.66. The van der Waals surface area contributed by atoms with Crippen molar-refractivity contribution in [3.05, 3.63) is 89.5 Å². The van der Waals surface area contributed by atoms with Crippen molar-refractivity contribution in [1.29, 1.82) is 0 Å². The summed E-state index contributed by atoms with van der Waals surface area (Å²) in [6.45, 7) is 26.6. The zero-order valence-corrected chi connectivity index (χ0v) is 46.3. The number of hydrogen-bond acceptors (Lipinski definition) is 15. The third-order valence-corrected chi connectivity index (χ3v) is 11.8. The molecule has 1 saturated heterocycles. The molecule has 1 aromatic heterocycles. The smallest absolute Gasteiger partial charge is 0.311 e. The first-order valence-electron chi connectivity index (χ1n) is 25.5. The van der Waals surface area contributed by atoms with Crippen LogP contribution in [-0.4, -0.2) is 96.8 Å². The molecule has 16 nitrogen and oxygen atoms in total. The van der Waals surface area contributed by atoms with E-state index >= 15 is 0 Å².